The summed E-state index contributed by atoms with van der Waals surface area (Å²) in [6.45, 7) is 2.07. The van der Waals surface area contributed by atoms with Crippen LogP contribution in [0.3, 0.4) is 0 Å². The number of ether oxygens (including phenoxy) is 1. The summed E-state index contributed by atoms with van der Waals surface area (Å²) in [4.78, 5) is 12.9. The number of hydrogen-bond acceptors (Lipinski definition) is 5. The molecule has 2 heterocycles. The molecular formula is C21H19ClFN3O2S. The van der Waals surface area contributed by atoms with Crippen LogP contribution in [0.2, 0.25) is 5.02 Å². The van der Waals surface area contributed by atoms with E-state index in [-0.39, 0.29) is 16.5 Å². The zero-order valence-electron chi connectivity index (χ0n) is 15.6. The fraction of sp³-hybridized carbons (Fsp3) is 0.333. The van der Waals surface area contributed by atoms with Gasteiger partial charge in [-0.15, -0.1) is 0 Å². The Bertz CT molecular complexity index is 983. The summed E-state index contributed by atoms with van der Waals surface area (Å²) < 4.78 is 21.8. The summed E-state index contributed by atoms with van der Waals surface area (Å²) in [5.41, 5.74) is 2.56. The van der Waals surface area contributed by atoms with E-state index in [0.717, 1.165) is 30.7 Å². The second kappa shape index (κ2) is 8.62. The van der Waals surface area contributed by atoms with E-state index in [1.165, 1.54) is 6.07 Å². The summed E-state index contributed by atoms with van der Waals surface area (Å²) in [6.07, 6.45) is 1.87. The van der Waals surface area contributed by atoms with Crippen molar-refractivity contribution in [1.82, 2.24) is 0 Å². The molecular weight excluding hydrogens is 413 g/mol. The van der Waals surface area contributed by atoms with Crippen molar-refractivity contribution in [3.63, 3.8) is 0 Å². The summed E-state index contributed by atoms with van der Waals surface area (Å²) in [6, 6.07) is 10.3. The van der Waals surface area contributed by atoms with Crippen molar-refractivity contribution in [2.75, 3.05) is 35.1 Å². The van der Waals surface area contributed by atoms with E-state index in [0.29, 0.717) is 30.2 Å². The van der Waals surface area contributed by atoms with Crippen molar-refractivity contribution in [3.8, 4) is 6.07 Å². The van der Waals surface area contributed by atoms with Crippen molar-refractivity contribution >= 4 is 40.8 Å². The van der Waals surface area contributed by atoms with E-state index in [9.17, 15) is 14.4 Å². The normalized spacial score (nSPS) is 18.7. The first-order chi connectivity index (χ1) is 14.0. The maximum Gasteiger partial charge on any atom is 0.257 e. The average Bonchev–Trinajstić information content (AvgIpc) is 3.43. The molecule has 2 fully saturated rings. The SMILES string of the molecule is N#Cc1cc(NC(=O)c2cc(N3CCCS3)cc(F)c2Cl)cc(C2CCOC2)c1. The Kier molecular flexibility index (Phi) is 5.95. The first-order valence-corrected chi connectivity index (χ1v) is 10.7. The molecule has 0 bridgehead atoms. The molecule has 8 heteroatoms. The molecule has 0 spiro atoms. The van der Waals surface area contributed by atoms with E-state index in [4.69, 9.17) is 16.3 Å². The smallest absolute Gasteiger partial charge is 0.257 e. The first kappa shape index (κ1) is 20.0. The number of carbonyl (C=O) groups is 1. The van der Waals surface area contributed by atoms with Gasteiger partial charge in [0.05, 0.1) is 34.5 Å². The maximum absolute atomic E-state index is 14.4. The van der Waals surface area contributed by atoms with Crippen molar-refractivity contribution in [2.24, 2.45) is 0 Å². The van der Waals surface area contributed by atoms with Gasteiger partial charge in [-0.25, -0.2) is 4.39 Å². The van der Waals surface area contributed by atoms with E-state index >= 15 is 0 Å². The molecule has 2 aliphatic rings. The molecule has 4 rings (SSSR count). The quantitative estimate of drug-likeness (QED) is 0.692. The van der Waals surface area contributed by atoms with Gasteiger partial charge in [-0.1, -0.05) is 11.6 Å². The highest BCUT2D eigenvalue weighted by Gasteiger charge is 2.22. The summed E-state index contributed by atoms with van der Waals surface area (Å²) in [7, 11) is 0. The van der Waals surface area contributed by atoms with Crippen LogP contribution in [0.4, 0.5) is 15.8 Å². The van der Waals surface area contributed by atoms with Crippen LogP contribution in [-0.2, 0) is 4.74 Å². The van der Waals surface area contributed by atoms with Crippen LogP contribution in [0.5, 0.6) is 0 Å². The number of amides is 1. The van der Waals surface area contributed by atoms with Gasteiger partial charge < -0.3 is 14.4 Å². The molecule has 0 aliphatic carbocycles. The second-order valence-corrected chi connectivity index (χ2v) is 8.53. The molecule has 2 aliphatic heterocycles. The fourth-order valence-corrected chi connectivity index (χ4v) is 4.74. The highest BCUT2D eigenvalue weighted by Crippen LogP contribution is 2.34. The van der Waals surface area contributed by atoms with E-state index in [1.807, 2.05) is 16.4 Å². The molecule has 1 N–H and O–H groups in total. The number of rotatable bonds is 4. The molecule has 0 radical (unpaired) electrons. The Balaban J connectivity index is 1.62. The number of nitriles is 1. The standard InChI is InChI=1S/C21H19ClFN3O2S/c22-20-18(9-17(10-19(20)23)26-3-1-5-29-26)21(27)25-16-7-13(11-24)6-15(8-16)14-2-4-28-12-14/h6-10,14H,1-5,12H2,(H,25,27). The summed E-state index contributed by atoms with van der Waals surface area (Å²) in [5, 5.41) is 11.9. The lowest BCUT2D eigenvalue weighted by molar-refractivity contribution is 0.102. The van der Waals surface area contributed by atoms with Crippen LogP contribution < -0.4 is 9.62 Å². The Morgan fingerprint density at radius 1 is 1.34 bits per heavy atom. The number of hydrogen-bond donors (Lipinski definition) is 1. The van der Waals surface area contributed by atoms with Gasteiger partial charge in [-0.05, 0) is 60.7 Å². The molecule has 29 heavy (non-hydrogen) atoms. The minimum absolute atomic E-state index is 0.0716. The van der Waals surface area contributed by atoms with E-state index in [2.05, 4.69) is 11.4 Å². The number of halogens is 2. The van der Waals surface area contributed by atoms with Crippen LogP contribution in [0, 0.1) is 17.1 Å². The highest BCUT2D eigenvalue weighted by molar-refractivity contribution is 8.00. The zero-order valence-corrected chi connectivity index (χ0v) is 17.2. The average molecular weight is 432 g/mol. The van der Waals surface area contributed by atoms with Gasteiger partial charge in [0.25, 0.3) is 5.91 Å². The van der Waals surface area contributed by atoms with Crippen LogP contribution in [-0.4, -0.2) is 31.4 Å². The van der Waals surface area contributed by atoms with E-state index in [1.54, 1.807) is 24.1 Å². The lowest BCUT2D eigenvalue weighted by Crippen LogP contribution is -2.16. The third kappa shape index (κ3) is 4.35. The highest BCUT2D eigenvalue weighted by atomic mass is 35.5. The van der Waals surface area contributed by atoms with Crippen LogP contribution in [0.25, 0.3) is 0 Å². The van der Waals surface area contributed by atoms with Gasteiger partial charge in [0.2, 0.25) is 0 Å². The second-order valence-electron chi connectivity index (χ2n) is 7.05. The lowest BCUT2D eigenvalue weighted by Gasteiger charge is -2.18. The third-order valence-corrected chi connectivity index (χ3v) is 6.60. The fourth-order valence-electron chi connectivity index (χ4n) is 3.55. The van der Waals surface area contributed by atoms with Crippen molar-refractivity contribution in [1.29, 1.82) is 5.26 Å². The van der Waals surface area contributed by atoms with Crippen molar-refractivity contribution in [2.45, 2.75) is 18.8 Å². The number of nitrogens with one attached hydrogen (secondary N) is 1. The summed E-state index contributed by atoms with van der Waals surface area (Å²) >= 11 is 7.70. The van der Waals surface area contributed by atoms with Gasteiger partial charge in [0, 0.05) is 30.5 Å². The Morgan fingerprint density at radius 2 is 2.21 bits per heavy atom. The van der Waals surface area contributed by atoms with Crippen LogP contribution >= 0.6 is 23.5 Å². The zero-order chi connectivity index (χ0) is 20.4. The van der Waals surface area contributed by atoms with Crippen molar-refractivity contribution < 1.29 is 13.9 Å². The molecule has 0 saturated carbocycles. The molecule has 2 aromatic rings. The molecule has 0 aromatic heterocycles. The van der Waals surface area contributed by atoms with Crippen molar-refractivity contribution in [3.05, 3.63) is 57.9 Å². The van der Waals surface area contributed by atoms with Gasteiger partial charge in [-0.2, -0.15) is 5.26 Å². The largest absolute Gasteiger partial charge is 0.381 e. The molecule has 2 saturated heterocycles. The number of anilines is 2. The van der Waals surface area contributed by atoms with E-state index < -0.39 is 11.7 Å². The monoisotopic (exact) mass is 431 g/mol. The van der Waals surface area contributed by atoms with Gasteiger partial charge in [0.1, 0.15) is 5.82 Å². The molecule has 1 unspecified atom stereocenters. The van der Waals surface area contributed by atoms with Gasteiger partial charge in [0.15, 0.2) is 0 Å². The molecule has 1 atom stereocenters. The topological polar surface area (TPSA) is 65.4 Å². The Hall–Kier alpha value is -2.27. The number of benzene rings is 2. The van der Waals surface area contributed by atoms with Gasteiger partial charge in [-0.3, -0.25) is 4.79 Å². The Morgan fingerprint density at radius 3 is 2.90 bits per heavy atom. The predicted molar refractivity (Wildman–Crippen MR) is 113 cm³/mol. The molecule has 5 nitrogen and oxygen atoms in total. The maximum atomic E-state index is 14.4. The molecule has 150 valence electrons. The molecule has 1 amide bonds. The minimum Gasteiger partial charge on any atom is -0.381 e. The molecule has 2 aromatic carbocycles. The minimum atomic E-state index is -0.628. The first-order valence-electron chi connectivity index (χ1n) is 9.39. The third-order valence-electron chi connectivity index (χ3n) is 5.04. The van der Waals surface area contributed by atoms with Crippen LogP contribution in [0.15, 0.2) is 30.3 Å². The lowest BCUT2D eigenvalue weighted by atomic mass is 9.96. The summed E-state index contributed by atoms with van der Waals surface area (Å²) in [5.74, 6) is 0.0101. The van der Waals surface area contributed by atoms with Crippen LogP contribution in [0.1, 0.15) is 40.2 Å². The Labute approximate surface area is 177 Å². The van der Waals surface area contributed by atoms with Gasteiger partial charge >= 0.3 is 0 Å². The number of nitrogens with zero attached hydrogens (tertiary/aromatic N) is 2. The predicted octanol–water partition coefficient (Wildman–Crippen LogP) is 4.97. The number of carbonyl (C=O) groups excluding carboxylic acids is 1.